The van der Waals surface area contributed by atoms with E-state index in [9.17, 15) is 0 Å². The van der Waals surface area contributed by atoms with Gasteiger partial charge in [-0.1, -0.05) is 79.1 Å². The van der Waals surface area contributed by atoms with Crippen LogP contribution in [0.3, 0.4) is 0 Å². The van der Waals surface area contributed by atoms with E-state index in [2.05, 4.69) is 71.7 Å². The maximum atomic E-state index is 3.85. The van der Waals surface area contributed by atoms with Crippen molar-refractivity contribution in [2.45, 2.75) is 91.1 Å². The first-order chi connectivity index (χ1) is 14.0. The minimum Gasteiger partial charge on any atom is -0.127 e. The molecule has 0 amide bonds. The van der Waals surface area contributed by atoms with E-state index in [-0.39, 0.29) is 0 Å². The van der Waals surface area contributed by atoms with Crippen molar-refractivity contribution < 1.29 is 0 Å². The van der Waals surface area contributed by atoms with Crippen molar-refractivity contribution in [1.29, 1.82) is 0 Å². The van der Waals surface area contributed by atoms with Crippen molar-refractivity contribution in [3.63, 3.8) is 0 Å². The minimum absolute atomic E-state index is 0.876. The third kappa shape index (κ3) is 5.15. The van der Waals surface area contributed by atoms with Crippen LogP contribution in [0.2, 0.25) is 12.1 Å². The first kappa shape index (κ1) is 24.2. The molecule has 1 aliphatic heterocycles. The standard InChI is InChI=1S/C24H36Br2S2Si/c1-5-9-11-17(7-3)15-29(16-18(8-4)12-10-6-2)19-13-21(25)27-23(19)24-20(29)14-22(26)28-24/h13-14,17-18H,5-12,15-16H2,1-4H3. The van der Waals surface area contributed by atoms with Crippen LogP contribution in [0.4, 0.5) is 0 Å². The van der Waals surface area contributed by atoms with Gasteiger partial charge in [0.15, 0.2) is 0 Å². The Labute approximate surface area is 204 Å². The van der Waals surface area contributed by atoms with Crippen molar-refractivity contribution in [3.8, 4) is 9.75 Å². The number of rotatable bonds is 12. The Kier molecular flexibility index (Phi) is 9.14. The van der Waals surface area contributed by atoms with Gasteiger partial charge in [0.2, 0.25) is 0 Å². The molecule has 0 aliphatic carbocycles. The van der Waals surface area contributed by atoms with Crippen molar-refractivity contribution in [2.75, 3.05) is 0 Å². The van der Waals surface area contributed by atoms with Gasteiger partial charge in [0, 0.05) is 9.75 Å². The molecule has 3 heterocycles. The Morgan fingerprint density at radius 1 is 0.759 bits per heavy atom. The normalized spacial score (nSPS) is 16.6. The summed E-state index contributed by atoms with van der Waals surface area (Å²) in [4.78, 5) is 3.20. The zero-order valence-corrected chi connectivity index (χ0v) is 24.3. The van der Waals surface area contributed by atoms with Crippen LogP contribution < -0.4 is 10.4 Å². The minimum atomic E-state index is -1.74. The highest BCUT2D eigenvalue weighted by atomic mass is 79.9. The van der Waals surface area contributed by atoms with E-state index in [0.29, 0.717) is 0 Å². The molecule has 0 fully saturated rings. The van der Waals surface area contributed by atoms with Gasteiger partial charge in [0.05, 0.1) is 7.57 Å². The van der Waals surface area contributed by atoms with E-state index in [1.54, 1.807) is 20.1 Å². The zero-order chi connectivity index (χ0) is 21.0. The number of unbranched alkanes of at least 4 members (excludes halogenated alkanes) is 2. The Balaban J connectivity index is 2.06. The summed E-state index contributed by atoms with van der Waals surface area (Å²) >= 11 is 11.7. The number of fused-ring (bicyclic) bond motifs is 3. The van der Waals surface area contributed by atoms with Crippen molar-refractivity contribution >= 4 is 73.0 Å². The molecular weight excluding hydrogens is 540 g/mol. The maximum absolute atomic E-state index is 3.85. The van der Waals surface area contributed by atoms with Gasteiger partial charge in [0.25, 0.3) is 0 Å². The van der Waals surface area contributed by atoms with Gasteiger partial charge < -0.3 is 0 Å². The Morgan fingerprint density at radius 3 is 1.52 bits per heavy atom. The lowest BCUT2D eigenvalue weighted by Gasteiger charge is -2.35. The largest absolute Gasteiger partial charge is 0.127 e. The van der Waals surface area contributed by atoms with Crippen molar-refractivity contribution in [2.24, 2.45) is 11.8 Å². The SMILES string of the molecule is CCCCC(CC)C[Si]1(CC(CC)CCCC)c2cc(Br)sc2-c2sc(Br)cc21. The molecule has 3 rings (SSSR count). The molecule has 2 atom stereocenters. The Morgan fingerprint density at radius 2 is 1.17 bits per heavy atom. The molecule has 162 valence electrons. The second kappa shape index (κ2) is 10.9. The van der Waals surface area contributed by atoms with Crippen LogP contribution in [0.5, 0.6) is 0 Å². The van der Waals surface area contributed by atoms with E-state index < -0.39 is 8.07 Å². The molecule has 0 saturated carbocycles. The molecule has 0 bridgehead atoms. The van der Waals surface area contributed by atoms with Gasteiger partial charge in [-0.25, -0.2) is 0 Å². The van der Waals surface area contributed by atoms with Crippen LogP contribution in [0.1, 0.15) is 79.1 Å². The molecule has 0 nitrogen and oxygen atoms in total. The van der Waals surface area contributed by atoms with Gasteiger partial charge in [-0.2, -0.15) is 0 Å². The summed E-state index contributed by atoms with van der Waals surface area (Å²) in [6.07, 6.45) is 10.9. The highest BCUT2D eigenvalue weighted by Gasteiger charge is 2.49. The third-order valence-electron chi connectivity index (χ3n) is 7.00. The first-order valence-electron chi connectivity index (χ1n) is 11.6. The Bertz CT molecular complexity index is 729. The number of hydrogen-bond acceptors (Lipinski definition) is 2. The molecule has 2 aromatic heterocycles. The first-order valence-corrected chi connectivity index (χ1v) is 17.2. The quantitative estimate of drug-likeness (QED) is 0.221. The van der Waals surface area contributed by atoms with Gasteiger partial charge in [-0.3, -0.25) is 0 Å². The molecule has 29 heavy (non-hydrogen) atoms. The number of hydrogen-bond donors (Lipinski definition) is 0. The highest BCUT2D eigenvalue weighted by molar-refractivity contribution is 9.11. The second-order valence-electron chi connectivity index (χ2n) is 8.91. The van der Waals surface area contributed by atoms with E-state index in [4.69, 9.17) is 0 Å². The summed E-state index contributed by atoms with van der Waals surface area (Å²) in [6, 6.07) is 7.98. The number of thiophene rings is 2. The summed E-state index contributed by atoms with van der Waals surface area (Å²) < 4.78 is 2.66. The molecule has 2 unspecified atom stereocenters. The maximum Gasteiger partial charge on any atom is 0.122 e. The van der Waals surface area contributed by atoms with Gasteiger partial charge in [0.1, 0.15) is 8.07 Å². The molecule has 0 saturated heterocycles. The molecule has 1 aliphatic rings. The van der Waals surface area contributed by atoms with Gasteiger partial charge in [-0.05, 0) is 78.3 Å². The van der Waals surface area contributed by atoms with Crippen molar-refractivity contribution in [3.05, 3.63) is 19.7 Å². The fourth-order valence-corrected chi connectivity index (χ4v) is 17.0. The van der Waals surface area contributed by atoms with Gasteiger partial charge >= 0.3 is 0 Å². The summed E-state index contributed by atoms with van der Waals surface area (Å²) in [5.74, 6) is 1.75. The summed E-state index contributed by atoms with van der Waals surface area (Å²) in [6.45, 7) is 9.55. The molecular formula is C24H36Br2S2Si. The lowest BCUT2D eigenvalue weighted by atomic mass is 10.0. The van der Waals surface area contributed by atoms with Crippen LogP contribution in [-0.4, -0.2) is 8.07 Å². The van der Waals surface area contributed by atoms with Crippen molar-refractivity contribution in [1.82, 2.24) is 0 Å². The fourth-order valence-electron chi connectivity index (χ4n) is 5.31. The highest BCUT2D eigenvalue weighted by Crippen LogP contribution is 2.47. The fraction of sp³-hybridized carbons (Fsp3) is 0.667. The zero-order valence-electron chi connectivity index (χ0n) is 18.5. The van der Waals surface area contributed by atoms with Crippen LogP contribution in [0, 0.1) is 11.8 Å². The lowest BCUT2D eigenvalue weighted by Crippen LogP contribution is -2.56. The van der Waals surface area contributed by atoms with Crippen LogP contribution in [-0.2, 0) is 0 Å². The summed E-state index contributed by atoms with van der Waals surface area (Å²) in [5.41, 5.74) is 0. The average Bonchev–Trinajstić information content (AvgIpc) is 3.34. The topological polar surface area (TPSA) is 0 Å². The van der Waals surface area contributed by atoms with E-state index in [1.807, 2.05) is 22.7 Å². The second-order valence-corrected chi connectivity index (χ2v) is 17.8. The predicted octanol–water partition coefficient (Wildman–Crippen LogP) is 9.31. The summed E-state index contributed by atoms with van der Waals surface area (Å²) in [5, 5.41) is 3.54. The van der Waals surface area contributed by atoms with Crippen LogP contribution in [0.25, 0.3) is 9.75 Å². The molecule has 0 N–H and O–H groups in total. The average molecular weight is 577 g/mol. The molecule has 0 aromatic carbocycles. The number of halogens is 2. The lowest BCUT2D eigenvalue weighted by molar-refractivity contribution is 0.469. The van der Waals surface area contributed by atoms with Gasteiger partial charge in [-0.15, -0.1) is 22.7 Å². The summed E-state index contributed by atoms with van der Waals surface area (Å²) in [7, 11) is -1.74. The van der Waals surface area contributed by atoms with E-state index in [0.717, 1.165) is 11.8 Å². The van der Waals surface area contributed by atoms with E-state index >= 15 is 0 Å². The molecule has 2 aromatic rings. The predicted molar refractivity (Wildman–Crippen MR) is 144 cm³/mol. The Hall–Kier alpha value is 0.577. The molecule has 5 heteroatoms. The third-order valence-corrected chi connectivity index (χ3v) is 16.2. The van der Waals surface area contributed by atoms with Crippen LogP contribution >= 0.6 is 54.5 Å². The van der Waals surface area contributed by atoms with Crippen LogP contribution in [0.15, 0.2) is 19.7 Å². The monoisotopic (exact) mass is 574 g/mol. The molecule has 0 radical (unpaired) electrons. The molecule has 0 spiro atoms. The smallest absolute Gasteiger partial charge is 0.122 e. The van der Waals surface area contributed by atoms with E-state index in [1.165, 1.54) is 71.0 Å².